The third kappa shape index (κ3) is 2.64. The van der Waals surface area contributed by atoms with E-state index in [0.717, 1.165) is 5.52 Å². The van der Waals surface area contributed by atoms with Crippen LogP contribution in [0.4, 0.5) is 0 Å². The van der Waals surface area contributed by atoms with Crippen LogP contribution in [-0.4, -0.2) is 9.97 Å². The van der Waals surface area contributed by atoms with E-state index >= 15 is 0 Å². The Morgan fingerprint density at radius 1 is 0.933 bits per heavy atom. The molecule has 0 bridgehead atoms. The van der Waals surface area contributed by atoms with Gasteiger partial charge in [-0.3, -0.25) is 4.98 Å². The van der Waals surface area contributed by atoms with Gasteiger partial charge in [-0.05, 0) is 12.1 Å². The van der Waals surface area contributed by atoms with Gasteiger partial charge in [0.15, 0.2) is 6.39 Å². The van der Waals surface area contributed by atoms with Crippen LogP contribution in [0.1, 0.15) is 0 Å². The maximum atomic E-state index is 4.47. The maximum Gasteiger partial charge on any atom is 0.180 e. The molecule has 0 amide bonds. The van der Waals surface area contributed by atoms with Gasteiger partial charge in [0.25, 0.3) is 0 Å². The molecular weight excluding hydrogens is 188 g/mol. The molecule has 2 aromatic heterocycles. The predicted octanol–water partition coefficient (Wildman–Crippen LogP) is 2.91. The van der Waals surface area contributed by atoms with Gasteiger partial charge in [-0.25, -0.2) is 4.98 Å². The number of aromatic nitrogens is 2. The van der Waals surface area contributed by atoms with Gasteiger partial charge in [-0.2, -0.15) is 0 Å². The summed E-state index contributed by atoms with van der Waals surface area (Å²) in [5, 5.41) is 1.20. The Hall–Kier alpha value is -2.16. The third-order valence-corrected chi connectivity index (χ3v) is 1.86. The fourth-order valence-electron chi connectivity index (χ4n) is 1.19. The van der Waals surface area contributed by atoms with Gasteiger partial charge in [-0.1, -0.05) is 24.3 Å². The van der Waals surface area contributed by atoms with E-state index in [4.69, 9.17) is 0 Å². The molecule has 3 aromatic rings. The zero-order valence-corrected chi connectivity index (χ0v) is 8.08. The first-order chi connectivity index (χ1) is 7.47. The maximum absolute atomic E-state index is 4.47. The number of oxazole rings is 1. The highest BCUT2D eigenvalue weighted by Crippen LogP contribution is 2.07. The first-order valence-corrected chi connectivity index (χ1v) is 4.59. The summed E-state index contributed by atoms with van der Waals surface area (Å²) >= 11 is 0. The summed E-state index contributed by atoms with van der Waals surface area (Å²) in [6, 6.07) is 12.1. The summed E-state index contributed by atoms with van der Waals surface area (Å²) in [6.07, 6.45) is 6.28. The Balaban J connectivity index is 0.000000144. The van der Waals surface area contributed by atoms with Gasteiger partial charge in [0.1, 0.15) is 6.26 Å². The molecule has 1 aromatic carbocycles. The molecule has 0 spiro atoms. The van der Waals surface area contributed by atoms with Crippen molar-refractivity contribution in [1.29, 1.82) is 0 Å². The van der Waals surface area contributed by atoms with Crippen LogP contribution in [0.3, 0.4) is 0 Å². The van der Waals surface area contributed by atoms with Crippen LogP contribution in [0, 0.1) is 0 Å². The molecule has 2 heterocycles. The Kier molecular flexibility index (Phi) is 3.07. The summed E-state index contributed by atoms with van der Waals surface area (Å²) < 4.78 is 4.47. The molecule has 0 aliphatic heterocycles. The molecule has 0 N–H and O–H groups in total. The molecule has 3 nitrogen and oxygen atoms in total. The minimum absolute atomic E-state index is 1.06. The predicted molar refractivity (Wildman–Crippen MR) is 58.2 cm³/mol. The van der Waals surface area contributed by atoms with Crippen molar-refractivity contribution in [2.24, 2.45) is 0 Å². The second-order valence-electron chi connectivity index (χ2n) is 2.87. The second kappa shape index (κ2) is 4.91. The molecule has 0 radical (unpaired) electrons. The summed E-state index contributed by atoms with van der Waals surface area (Å²) in [5.41, 5.74) is 1.06. The highest BCUT2D eigenvalue weighted by Gasteiger charge is 1.86. The van der Waals surface area contributed by atoms with Crippen LogP contribution in [0.25, 0.3) is 10.9 Å². The van der Waals surface area contributed by atoms with Crippen molar-refractivity contribution in [1.82, 2.24) is 9.97 Å². The smallest absolute Gasteiger partial charge is 0.180 e. The van der Waals surface area contributed by atoms with Crippen molar-refractivity contribution in [2.75, 3.05) is 0 Å². The van der Waals surface area contributed by atoms with Crippen LogP contribution in [0.5, 0.6) is 0 Å². The zero-order chi connectivity index (χ0) is 10.3. The summed E-state index contributed by atoms with van der Waals surface area (Å²) in [7, 11) is 0. The SMILES string of the molecule is c1ccc2ncccc2c1.c1cocn1. The molecule has 0 aliphatic carbocycles. The van der Waals surface area contributed by atoms with Crippen LogP contribution < -0.4 is 0 Å². The number of hydrogen-bond acceptors (Lipinski definition) is 3. The monoisotopic (exact) mass is 198 g/mol. The number of pyridine rings is 1. The van der Waals surface area contributed by atoms with Gasteiger partial charge >= 0.3 is 0 Å². The van der Waals surface area contributed by atoms with Crippen LogP contribution >= 0.6 is 0 Å². The molecule has 0 fully saturated rings. The Bertz CT molecular complexity index is 423. The third-order valence-electron chi connectivity index (χ3n) is 1.86. The highest BCUT2D eigenvalue weighted by atomic mass is 16.3. The molecule has 0 aliphatic rings. The minimum atomic E-state index is 1.06. The number of benzene rings is 1. The van der Waals surface area contributed by atoms with E-state index in [0.29, 0.717) is 0 Å². The Morgan fingerprint density at radius 2 is 1.80 bits per heavy atom. The van der Waals surface area contributed by atoms with Gasteiger partial charge < -0.3 is 4.42 Å². The number of para-hydroxylation sites is 1. The van der Waals surface area contributed by atoms with Gasteiger partial charge in [0.2, 0.25) is 0 Å². The topological polar surface area (TPSA) is 38.9 Å². The van der Waals surface area contributed by atoms with Gasteiger partial charge in [-0.15, -0.1) is 0 Å². The van der Waals surface area contributed by atoms with E-state index in [1.165, 1.54) is 18.0 Å². The van der Waals surface area contributed by atoms with Crippen LogP contribution in [0.15, 0.2) is 65.9 Å². The summed E-state index contributed by atoms with van der Waals surface area (Å²) in [5.74, 6) is 0. The molecule has 74 valence electrons. The van der Waals surface area contributed by atoms with E-state index in [2.05, 4.69) is 26.5 Å². The quantitative estimate of drug-likeness (QED) is 0.557. The van der Waals surface area contributed by atoms with E-state index in [1.807, 2.05) is 30.5 Å². The molecule has 0 atom stereocenters. The normalized spacial score (nSPS) is 9.33. The lowest BCUT2D eigenvalue weighted by molar-refractivity contribution is 0.558. The van der Waals surface area contributed by atoms with Crippen molar-refractivity contribution in [2.45, 2.75) is 0 Å². The number of fused-ring (bicyclic) bond motifs is 1. The van der Waals surface area contributed by atoms with E-state index in [9.17, 15) is 0 Å². The fourth-order valence-corrected chi connectivity index (χ4v) is 1.19. The molecule has 15 heavy (non-hydrogen) atoms. The van der Waals surface area contributed by atoms with Crippen molar-refractivity contribution >= 4 is 10.9 Å². The fraction of sp³-hybridized carbons (Fsp3) is 0. The van der Waals surface area contributed by atoms with Gasteiger partial charge in [0.05, 0.1) is 11.7 Å². The number of rotatable bonds is 0. The first-order valence-electron chi connectivity index (χ1n) is 4.59. The van der Waals surface area contributed by atoms with Crippen molar-refractivity contribution in [3.05, 3.63) is 61.4 Å². The molecule has 3 heteroatoms. The minimum Gasteiger partial charge on any atom is -0.452 e. The Morgan fingerprint density at radius 3 is 2.47 bits per heavy atom. The molecule has 0 unspecified atom stereocenters. The summed E-state index contributed by atoms with van der Waals surface area (Å²) in [4.78, 5) is 7.74. The lowest BCUT2D eigenvalue weighted by Crippen LogP contribution is -1.73. The van der Waals surface area contributed by atoms with Crippen molar-refractivity contribution in [3.8, 4) is 0 Å². The zero-order valence-electron chi connectivity index (χ0n) is 8.08. The lowest BCUT2D eigenvalue weighted by Gasteiger charge is -1.91. The Labute approximate surface area is 87.4 Å². The first kappa shape index (κ1) is 9.40. The van der Waals surface area contributed by atoms with E-state index in [-0.39, 0.29) is 0 Å². The average molecular weight is 198 g/mol. The number of nitrogens with zero attached hydrogens (tertiary/aromatic N) is 2. The van der Waals surface area contributed by atoms with Gasteiger partial charge in [0, 0.05) is 11.6 Å². The van der Waals surface area contributed by atoms with E-state index in [1.54, 1.807) is 6.20 Å². The molecule has 0 saturated carbocycles. The average Bonchev–Trinajstić information content (AvgIpc) is 2.88. The summed E-state index contributed by atoms with van der Waals surface area (Å²) in [6.45, 7) is 0. The lowest BCUT2D eigenvalue weighted by atomic mass is 10.2. The van der Waals surface area contributed by atoms with E-state index < -0.39 is 0 Å². The molecule has 3 rings (SSSR count). The van der Waals surface area contributed by atoms with Crippen molar-refractivity contribution in [3.63, 3.8) is 0 Å². The second-order valence-corrected chi connectivity index (χ2v) is 2.87. The molecular formula is C12H10N2O. The standard InChI is InChI=1S/C9H7N.C3H3NO/c1-2-6-9-8(4-1)5-3-7-10-9;1-2-5-3-4-1/h1-7H;1-3H. The van der Waals surface area contributed by atoms with Crippen molar-refractivity contribution < 1.29 is 4.42 Å². The van der Waals surface area contributed by atoms with Crippen LogP contribution in [0.2, 0.25) is 0 Å². The largest absolute Gasteiger partial charge is 0.452 e. The highest BCUT2D eigenvalue weighted by molar-refractivity contribution is 5.77. The number of hydrogen-bond donors (Lipinski definition) is 0. The van der Waals surface area contributed by atoms with Crippen LogP contribution in [-0.2, 0) is 0 Å². The molecule has 0 saturated heterocycles.